The number of aliphatic hydroxyl groups excluding tert-OH is 1. The minimum absolute atomic E-state index is 0.0301. The highest BCUT2D eigenvalue weighted by Crippen LogP contribution is 2.33. The summed E-state index contributed by atoms with van der Waals surface area (Å²) in [4.78, 5) is 12.9. The third-order valence-corrected chi connectivity index (χ3v) is 4.59. The molecule has 0 spiro atoms. The third-order valence-electron chi connectivity index (χ3n) is 4.28. The molecule has 8 nitrogen and oxygen atoms in total. The first kappa shape index (κ1) is 19.3. The van der Waals surface area contributed by atoms with Crippen molar-refractivity contribution in [2.45, 2.75) is 26.4 Å². The average Bonchev–Trinajstić information content (AvgIpc) is 3.34. The monoisotopic (exact) mass is 417 g/mol. The Labute approximate surface area is 169 Å². The van der Waals surface area contributed by atoms with E-state index in [2.05, 4.69) is 20.1 Å². The van der Waals surface area contributed by atoms with Crippen molar-refractivity contribution in [2.24, 2.45) is 0 Å². The molecule has 4 aromatic rings. The molecule has 0 radical (unpaired) electrons. The first-order chi connectivity index (χ1) is 13.9. The van der Waals surface area contributed by atoms with Crippen LogP contribution in [0.2, 0.25) is 5.02 Å². The lowest BCUT2D eigenvalue weighted by atomic mass is 10.2. The number of aromatic nitrogens is 5. The first-order valence-electron chi connectivity index (χ1n) is 8.90. The van der Waals surface area contributed by atoms with Gasteiger partial charge in [0, 0.05) is 24.0 Å². The number of nitrogens with zero attached hydrogens (tertiary/aromatic N) is 5. The lowest BCUT2D eigenvalue weighted by molar-refractivity contribution is 0.102. The number of fused-ring (bicyclic) bond motifs is 1. The SMILES string of the molecule is CCC(O)COc1cc(Cl)c(-c2noc(-c3cn4cc(C)ncc4n3)n2)cc1F. The number of rotatable bonds is 6. The number of benzene rings is 1. The molecule has 29 heavy (non-hydrogen) atoms. The lowest BCUT2D eigenvalue weighted by Gasteiger charge is -2.12. The Balaban J connectivity index is 1.62. The summed E-state index contributed by atoms with van der Waals surface area (Å²) in [7, 11) is 0. The van der Waals surface area contributed by atoms with Crippen LogP contribution < -0.4 is 4.74 Å². The van der Waals surface area contributed by atoms with E-state index in [0.29, 0.717) is 17.8 Å². The number of ether oxygens (including phenoxy) is 1. The van der Waals surface area contributed by atoms with Crippen molar-refractivity contribution in [1.29, 1.82) is 0 Å². The molecule has 1 atom stereocenters. The van der Waals surface area contributed by atoms with Crippen molar-refractivity contribution in [1.82, 2.24) is 24.5 Å². The van der Waals surface area contributed by atoms with Crippen LogP contribution in [-0.2, 0) is 0 Å². The molecule has 0 amide bonds. The van der Waals surface area contributed by atoms with E-state index in [4.69, 9.17) is 20.9 Å². The van der Waals surface area contributed by atoms with Gasteiger partial charge in [0.1, 0.15) is 12.3 Å². The predicted octanol–water partition coefficient (Wildman–Crippen LogP) is 3.70. The second-order valence-corrected chi connectivity index (χ2v) is 6.89. The van der Waals surface area contributed by atoms with Crippen molar-refractivity contribution in [3.8, 4) is 28.7 Å². The number of imidazole rings is 1. The highest BCUT2D eigenvalue weighted by molar-refractivity contribution is 6.33. The number of aryl methyl sites for hydroxylation is 1. The van der Waals surface area contributed by atoms with Crippen molar-refractivity contribution < 1.29 is 18.8 Å². The topological polar surface area (TPSA) is 98.6 Å². The van der Waals surface area contributed by atoms with Gasteiger partial charge in [-0.2, -0.15) is 4.98 Å². The Bertz CT molecular complexity index is 1180. The molecule has 0 aliphatic carbocycles. The van der Waals surface area contributed by atoms with Crippen LogP contribution in [-0.4, -0.2) is 42.3 Å². The standard InChI is InChI=1S/C19H17ClFN5O3/c1-3-11(27)9-28-16-5-13(20)12(4-14(16)21)18-24-19(29-25-18)15-8-26-7-10(2)22-6-17(26)23-15/h4-8,11,27H,3,9H2,1-2H3. The second kappa shape index (κ2) is 7.76. The number of hydrogen-bond acceptors (Lipinski definition) is 7. The molecule has 3 heterocycles. The molecule has 0 saturated carbocycles. The molecule has 0 fully saturated rings. The molecular weight excluding hydrogens is 401 g/mol. The molecule has 1 unspecified atom stereocenters. The maximum absolute atomic E-state index is 14.4. The zero-order valence-corrected chi connectivity index (χ0v) is 16.4. The number of hydrogen-bond donors (Lipinski definition) is 1. The van der Waals surface area contributed by atoms with Gasteiger partial charge in [0.2, 0.25) is 5.82 Å². The van der Waals surface area contributed by atoms with E-state index in [1.807, 2.05) is 13.1 Å². The lowest BCUT2D eigenvalue weighted by Crippen LogP contribution is -2.16. The maximum Gasteiger partial charge on any atom is 0.278 e. The van der Waals surface area contributed by atoms with Crippen LogP contribution in [0.25, 0.3) is 28.6 Å². The molecular formula is C19H17ClFN5O3. The van der Waals surface area contributed by atoms with Gasteiger partial charge >= 0.3 is 0 Å². The maximum atomic E-state index is 14.4. The molecule has 0 saturated heterocycles. The van der Waals surface area contributed by atoms with Crippen molar-refractivity contribution in [3.63, 3.8) is 0 Å². The van der Waals surface area contributed by atoms with Crippen LogP contribution in [0.3, 0.4) is 0 Å². The minimum Gasteiger partial charge on any atom is -0.488 e. The predicted molar refractivity (Wildman–Crippen MR) is 103 cm³/mol. The quantitative estimate of drug-likeness (QED) is 0.510. The largest absolute Gasteiger partial charge is 0.488 e. The van der Waals surface area contributed by atoms with Crippen LogP contribution in [0.4, 0.5) is 4.39 Å². The summed E-state index contributed by atoms with van der Waals surface area (Å²) in [5, 5.41) is 13.6. The fourth-order valence-corrected chi connectivity index (χ4v) is 2.89. The normalized spacial score (nSPS) is 12.4. The van der Waals surface area contributed by atoms with E-state index < -0.39 is 11.9 Å². The summed E-state index contributed by atoms with van der Waals surface area (Å²) >= 11 is 6.26. The highest BCUT2D eigenvalue weighted by Gasteiger charge is 2.19. The van der Waals surface area contributed by atoms with E-state index in [-0.39, 0.29) is 34.7 Å². The van der Waals surface area contributed by atoms with Crippen molar-refractivity contribution in [3.05, 3.63) is 47.3 Å². The van der Waals surface area contributed by atoms with Gasteiger partial charge in [0.05, 0.1) is 23.0 Å². The zero-order chi connectivity index (χ0) is 20.5. The number of aliphatic hydroxyl groups is 1. The van der Waals surface area contributed by atoms with Gasteiger partial charge in [-0.05, 0) is 19.4 Å². The van der Waals surface area contributed by atoms with E-state index in [1.165, 1.54) is 12.1 Å². The van der Waals surface area contributed by atoms with Crippen molar-refractivity contribution >= 4 is 17.2 Å². The van der Waals surface area contributed by atoms with E-state index >= 15 is 0 Å². The van der Waals surface area contributed by atoms with Gasteiger partial charge in [-0.3, -0.25) is 4.98 Å². The molecule has 1 N–H and O–H groups in total. The summed E-state index contributed by atoms with van der Waals surface area (Å²) < 4.78 is 26.8. The van der Waals surface area contributed by atoms with Crippen LogP contribution in [0, 0.1) is 12.7 Å². The summed E-state index contributed by atoms with van der Waals surface area (Å²) in [5.74, 6) is -0.411. The molecule has 3 aromatic heterocycles. The molecule has 150 valence electrons. The van der Waals surface area contributed by atoms with Crippen molar-refractivity contribution in [2.75, 3.05) is 6.61 Å². The van der Waals surface area contributed by atoms with E-state index in [9.17, 15) is 9.50 Å². The molecule has 0 bridgehead atoms. The first-order valence-corrected chi connectivity index (χ1v) is 9.28. The molecule has 0 aliphatic heterocycles. The fourth-order valence-electron chi connectivity index (χ4n) is 2.66. The van der Waals surface area contributed by atoms with Gasteiger partial charge in [-0.1, -0.05) is 23.7 Å². The average molecular weight is 418 g/mol. The Morgan fingerprint density at radius 3 is 2.93 bits per heavy atom. The van der Waals surface area contributed by atoms with E-state index in [1.54, 1.807) is 23.7 Å². The highest BCUT2D eigenvalue weighted by atomic mass is 35.5. The van der Waals surface area contributed by atoms with Crippen LogP contribution in [0.1, 0.15) is 19.0 Å². The summed E-state index contributed by atoms with van der Waals surface area (Å²) in [6.07, 6.45) is 5.01. The Kier molecular flexibility index (Phi) is 5.16. The summed E-state index contributed by atoms with van der Waals surface area (Å²) in [5.41, 5.74) is 2.18. The second-order valence-electron chi connectivity index (χ2n) is 6.48. The summed E-state index contributed by atoms with van der Waals surface area (Å²) in [6, 6.07) is 2.49. The molecule has 10 heteroatoms. The molecule has 4 rings (SSSR count). The van der Waals surface area contributed by atoms with Gasteiger partial charge in [-0.15, -0.1) is 0 Å². The Morgan fingerprint density at radius 2 is 2.14 bits per heavy atom. The minimum atomic E-state index is -0.683. The van der Waals surface area contributed by atoms with Crippen LogP contribution in [0.5, 0.6) is 5.75 Å². The fraction of sp³-hybridized carbons (Fsp3) is 0.263. The zero-order valence-electron chi connectivity index (χ0n) is 15.6. The van der Waals surface area contributed by atoms with Crippen LogP contribution >= 0.6 is 11.6 Å². The Hall–Kier alpha value is -3.04. The van der Waals surface area contributed by atoms with Gasteiger partial charge < -0.3 is 18.8 Å². The van der Waals surface area contributed by atoms with Gasteiger partial charge in [0.25, 0.3) is 5.89 Å². The van der Waals surface area contributed by atoms with Crippen LogP contribution in [0.15, 0.2) is 35.2 Å². The van der Waals surface area contributed by atoms with Gasteiger partial charge in [-0.25, -0.2) is 9.37 Å². The number of halogens is 2. The molecule has 0 aliphatic rings. The third kappa shape index (κ3) is 3.92. The Morgan fingerprint density at radius 1 is 1.31 bits per heavy atom. The summed E-state index contributed by atoms with van der Waals surface area (Å²) in [6.45, 7) is 3.64. The van der Waals surface area contributed by atoms with Gasteiger partial charge in [0.15, 0.2) is 17.2 Å². The smallest absolute Gasteiger partial charge is 0.278 e. The van der Waals surface area contributed by atoms with E-state index in [0.717, 1.165) is 5.69 Å². The molecule has 1 aromatic carbocycles.